The molecule has 7 nitrogen and oxygen atoms in total. The highest BCUT2D eigenvalue weighted by Gasteiger charge is 2.37. The predicted octanol–water partition coefficient (Wildman–Crippen LogP) is 2.37. The molecule has 4 rings (SSSR count). The maximum atomic E-state index is 12.7. The minimum Gasteiger partial charge on any atom is -0.474 e. The van der Waals surface area contributed by atoms with Crippen molar-refractivity contribution in [2.75, 3.05) is 0 Å². The molecule has 134 valence electrons. The Morgan fingerprint density at radius 3 is 2.88 bits per heavy atom. The molecule has 1 aliphatic carbocycles. The molecule has 1 fully saturated rings. The number of Topliss-reactive ketones (excluding diaryl/α,β-unsaturated/α-hetero) is 1. The number of carbonyl (C=O) groups excluding carboxylic acids is 2. The van der Waals surface area contributed by atoms with Gasteiger partial charge in [-0.15, -0.1) is 11.3 Å². The van der Waals surface area contributed by atoms with Gasteiger partial charge in [-0.3, -0.25) is 4.79 Å². The highest BCUT2D eigenvalue weighted by atomic mass is 35.5. The Kier molecular flexibility index (Phi) is 4.37. The summed E-state index contributed by atoms with van der Waals surface area (Å²) in [7, 11) is 0. The molecule has 0 unspecified atom stereocenters. The molecule has 0 radical (unpaired) electrons. The summed E-state index contributed by atoms with van der Waals surface area (Å²) in [5, 5.41) is 10.6. The molecule has 3 aromatic rings. The van der Waals surface area contributed by atoms with Gasteiger partial charge in [0.25, 0.3) is 11.3 Å². The number of halogens is 1. The molecule has 0 aliphatic heterocycles. The van der Waals surface area contributed by atoms with Crippen LogP contribution in [-0.4, -0.2) is 32.5 Å². The maximum Gasteiger partial charge on any atom is 0.384 e. The number of rotatable bonds is 5. The second kappa shape index (κ2) is 6.69. The van der Waals surface area contributed by atoms with Gasteiger partial charge >= 0.3 is 17.6 Å². The lowest BCUT2D eigenvalue weighted by Crippen LogP contribution is -2.30. The van der Waals surface area contributed by atoms with E-state index in [-0.39, 0.29) is 24.2 Å². The number of imidazole rings is 1. The quantitative estimate of drug-likeness (QED) is 0.312. The normalized spacial score (nSPS) is 14.3. The van der Waals surface area contributed by atoms with E-state index < -0.39 is 11.8 Å². The summed E-state index contributed by atoms with van der Waals surface area (Å²) in [5.41, 5.74) is 0.458. The number of aromatic hydroxyl groups is 1. The smallest absolute Gasteiger partial charge is 0.384 e. The average Bonchev–Trinajstić information content (AvgIpc) is 3.13. The van der Waals surface area contributed by atoms with E-state index in [2.05, 4.69) is 4.98 Å². The molecule has 1 aliphatic rings. The topological polar surface area (TPSA) is 85.5 Å². The third-order valence-corrected chi connectivity index (χ3v) is 5.49. The van der Waals surface area contributed by atoms with Crippen LogP contribution in [0.4, 0.5) is 0 Å². The zero-order valence-corrected chi connectivity index (χ0v) is 15.2. The molecule has 0 saturated heterocycles. The van der Waals surface area contributed by atoms with Crippen molar-refractivity contribution in [2.24, 2.45) is 0 Å². The average molecular weight is 393 g/mol. The number of ketones is 1. The second-order valence-electron chi connectivity index (χ2n) is 6.05. The van der Waals surface area contributed by atoms with E-state index in [1.165, 1.54) is 15.7 Å². The van der Waals surface area contributed by atoms with Crippen molar-refractivity contribution >= 4 is 40.3 Å². The number of pyridine rings is 1. The number of thiazole rings is 1. The number of aromatic nitrogens is 3. The number of nitrogens with zero attached hydrogens (tertiary/aromatic N) is 3. The molecule has 3 heterocycles. The molecule has 26 heavy (non-hydrogen) atoms. The van der Waals surface area contributed by atoms with Crippen LogP contribution in [0.25, 0.3) is 5.65 Å². The van der Waals surface area contributed by atoms with E-state index in [4.69, 9.17) is 16.3 Å². The zero-order valence-electron chi connectivity index (χ0n) is 13.6. The van der Waals surface area contributed by atoms with Crippen LogP contribution in [0.3, 0.4) is 0 Å². The van der Waals surface area contributed by atoms with Crippen LogP contribution in [0.15, 0.2) is 30.6 Å². The Labute approximate surface area is 157 Å². The Bertz CT molecular complexity index is 1010. The number of ether oxygens (including phenoxy) is 1. The summed E-state index contributed by atoms with van der Waals surface area (Å²) in [6, 6.07) is 5.25. The fraction of sp³-hybridized carbons (Fsp3) is 0.294. The van der Waals surface area contributed by atoms with Crippen molar-refractivity contribution < 1.29 is 23.8 Å². The minimum atomic E-state index is -0.947. The van der Waals surface area contributed by atoms with Crippen LogP contribution < -0.4 is 4.40 Å². The zero-order chi connectivity index (χ0) is 18.3. The summed E-state index contributed by atoms with van der Waals surface area (Å²) in [5.74, 6) is -2.11. The van der Waals surface area contributed by atoms with Gasteiger partial charge in [-0.1, -0.05) is 17.7 Å². The largest absolute Gasteiger partial charge is 0.474 e. The summed E-state index contributed by atoms with van der Waals surface area (Å²) >= 11 is 7.15. The van der Waals surface area contributed by atoms with E-state index in [1.54, 1.807) is 35.2 Å². The molecule has 1 saturated carbocycles. The van der Waals surface area contributed by atoms with E-state index >= 15 is 0 Å². The van der Waals surface area contributed by atoms with E-state index in [0.29, 0.717) is 10.1 Å². The Balaban J connectivity index is 1.76. The number of hydrogen-bond acceptors (Lipinski definition) is 6. The first kappa shape index (κ1) is 17.0. The molecule has 9 heteroatoms. The van der Waals surface area contributed by atoms with Crippen LogP contribution in [-0.2, 0) is 16.1 Å². The number of fused-ring (bicyclic) bond motifs is 1. The molecule has 3 aromatic heterocycles. The maximum absolute atomic E-state index is 12.7. The lowest BCUT2D eigenvalue weighted by atomic mass is 9.96. The Hall–Kier alpha value is -2.45. The van der Waals surface area contributed by atoms with Crippen molar-refractivity contribution in [1.82, 2.24) is 9.55 Å². The lowest BCUT2D eigenvalue weighted by Gasteiger charge is -2.24. The van der Waals surface area contributed by atoms with Crippen molar-refractivity contribution in [2.45, 2.75) is 31.9 Å². The van der Waals surface area contributed by atoms with Gasteiger partial charge in [0.05, 0.1) is 11.1 Å². The number of carbonyl (C=O) groups is 2. The highest BCUT2D eigenvalue weighted by molar-refractivity contribution is 7.15. The van der Waals surface area contributed by atoms with Crippen LogP contribution in [0.1, 0.15) is 34.6 Å². The minimum absolute atomic E-state index is 0.106. The van der Waals surface area contributed by atoms with Gasteiger partial charge in [0.2, 0.25) is 0 Å². The van der Waals surface area contributed by atoms with Gasteiger partial charge in [0.15, 0.2) is 4.47 Å². The molecule has 0 atom stereocenters. The molecular formula is C17H15ClN3O4S+. The van der Waals surface area contributed by atoms with Gasteiger partial charge in [-0.2, -0.15) is 4.40 Å². The monoisotopic (exact) mass is 392 g/mol. The summed E-state index contributed by atoms with van der Waals surface area (Å²) < 4.78 is 8.61. The molecular weight excluding hydrogens is 378 g/mol. The van der Waals surface area contributed by atoms with E-state index in [0.717, 1.165) is 24.1 Å². The van der Waals surface area contributed by atoms with Gasteiger partial charge in [-0.05, 0) is 25.3 Å². The van der Waals surface area contributed by atoms with Crippen LogP contribution >= 0.6 is 22.9 Å². The second-order valence-corrected chi connectivity index (χ2v) is 7.75. The highest BCUT2D eigenvalue weighted by Crippen LogP contribution is 2.26. The first-order chi connectivity index (χ1) is 12.5. The third-order valence-electron chi connectivity index (χ3n) is 4.39. The van der Waals surface area contributed by atoms with Gasteiger partial charge in [0, 0.05) is 12.3 Å². The van der Waals surface area contributed by atoms with Crippen LogP contribution in [0.5, 0.6) is 5.88 Å². The molecule has 0 bridgehead atoms. The third kappa shape index (κ3) is 2.95. The van der Waals surface area contributed by atoms with E-state index in [1.807, 2.05) is 0 Å². The number of esters is 1. The van der Waals surface area contributed by atoms with Crippen molar-refractivity contribution in [3.8, 4) is 5.88 Å². The summed E-state index contributed by atoms with van der Waals surface area (Å²) in [6.07, 6.45) is 5.53. The van der Waals surface area contributed by atoms with Crippen molar-refractivity contribution in [1.29, 1.82) is 0 Å². The van der Waals surface area contributed by atoms with E-state index in [9.17, 15) is 14.7 Å². The van der Waals surface area contributed by atoms with Gasteiger partial charge in [-0.25, -0.2) is 14.3 Å². The Morgan fingerprint density at radius 1 is 1.42 bits per heavy atom. The summed E-state index contributed by atoms with van der Waals surface area (Å²) in [4.78, 5) is 29.7. The molecule has 0 aromatic carbocycles. The van der Waals surface area contributed by atoms with Crippen molar-refractivity contribution in [3.05, 3.63) is 45.6 Å². The summed E-state index contributed by atoms with van der Waals surface area (Å²) in [6.45, 7) is 0.246. The molecule has 0 amide bonds. The lowest BCUT2D eigenvalue weighted by molar-refractivity contribution is -0.521. The Morgan fingerprint density at radius 2 is 2.23 bits per heavy atom. The first-order valence-corrected chi connectivity index (χ1v) is 9.31. The first-order valence-electron chi connectivity index (χ1n) is 8.12. The van der Waals surface area contributed by atoms with Crippen molar-refractivity contribution in [3.63, 3.8) is 0 Å². The standard InChI is InChI=1S/C17H14ClN3O4S/c18-17-19-8-11(26-17)9-21-12-6-1-2-7-20(12)15(23)13(21)14(22)16(24)25-10-4-3-5-10/h1-2,6-8,10H,3-5,9H2/p+1. The predicted molar refractivity (Wildman–Crippen MR) is 93.5 cm³/mol. The molecule has 1 N–H and O–H groups in total. The fourth-order valence-corrected chi connectivity index (χ4v) is 3.84. The van der Waals surface area contributed by atoms with Crippen LogP contribution in [0.2, 0.25) is 4.47 Å². The number of hydrogen-bond donors (Lipinski definition) is 1. The molecule has 0 spiro atoms. The fourth-order valence-electron chi connectivity index (χ4n) is 2.87. The van der Waals surface area contributed by atoms with Gasteiger partial charge < -0.3 is 9.84 Å². The SMILES string of the molecule is O=C(OC1CCC1)C(=O)c1c(O)[n+]2ccccc2n1Cc1cnc(Cl)s1. The van der Waals surface area contributed by atoms with Crippen LogP contribution in [0, 0.1) is 0 Å². The van der Waals surface area contributed by atoms with Gasteiger partial charge in [0.1, 0.15) is 12.6 Å².